The van der Waals surface area contributed by atoms with Crippen LogP contribution < -0.4 is 0 Å². The third-order valence-corrected chi connectivity index (χ3v) is 6.85. The molecule has 0 amide bonds. The lowest BCUT2D eigenvalue weighted by Gasteiger charge is -2.23. The number of nitrogens with zero attached hydrogens (tertiary/aromatic N) is 2. The monoisotopic (exact) mass is 520 g/mol. The first-order valence-corrected chi connectivity index (χ1v) is 14.3. The Hall–Kier alpha value is -2.62. The second-order valence-corrected chi connectivity index (χ2v) is 13.6. The van der Waals surface area contributed by atoms with Crippen LogP contribution in [-0.4, -0.2) is 35.7 Å². The summed E-state index contributed by atoms with van der Waals surface area (Å²) in [5, 5.41) is 21.9. The molecule has 4 nitrogen and oxygen atoms in total. The van der Waals surface area contributed by atoms with E-state index in [1.807, 2.05) is 0 Å². The zero-order chi connectivity index (χ0) is 28.7. The number of phenolic OH excluding ortho intramolecular Hbond substituents is 2. The highest BCUT2D eigenvalue weighted by Crippen LogP contribution is 2.35. The molecule has 0 atom stereocenters. The van der Waals surface area contributed by atoms with Crippen molar-refractivity contribution in [3.05, 3.63) is 57.6 Å². The van der Waals surface area contributed by atoms with Gasteiger partial charge in [0.1, 0.15) is 11.5 Å². The fraction of sp³-hybridized carbons (Fsp3) is 0.588. The molecule has 0 radical (unpaired) electrons. The molecule has 0 spiro atoms. The summed E-state index contributed by atoms with van der Waals surface area (Å²) >= 11 is 0. The first-order valence-electron chi connectivity index (χ1n) is 14.3. The van der Waals surface area contributed by atoms with Gasteiger partial charge in [-0.05, 0) is 71.6 Å². The Kier molecular flexibility index (Phi) is 11.2. The number of hydrogen-bond donors (Lipinski definition) is 2. The Morgan fingerprint density at radius 3 is 1.26 bits per heavy atom. The van der Waals surface area contributed by atoms with Gasteiger partial charge in [0.05, 0.1) is 13.1 Å². The number of aryl methyl sites for hydroxylation is 2. The van der Waals surface area contributed by atoms with Gasteiger partial charge < -0.3 is 10.2 Å². The fourth-order valence-corrected chi connectivity index (χ4v) is 4.42. The number of rotatable bonds is 11. The van der Waals surface area contributed by atoms with Gasteiger partial charge in [0, 0.05) is 34.7 Å². The van der Waals surface area contributed by atoms with E-state index in [2.05, 4.69) is 103 Å². The van der Waals surface area contributed by atoms with Crippen molar-refractivity contribution in [3.8, 4) is 11.5 Å². The van der Waals surface area contributed by atoms with Crippen LogP contribution in [0.25, 0.3) is 0 Å². The van der Waals surface area contributed by atoms with E-state index in [-0.39, 0.29) is 10.8 Å². The third-order valence-electron chi connectivity index (χ3n) is 6.85. The van der Waals surface area contributed by atoms with Gasteiger partial charge in [-0.15, -0.1) is 0 Å². The highest BCUT2D eigenvalue weighted by atomic mass is 16.3. The van der Waals surface area contributed by atoms with Crippen LogP contribution in [0.5, 0.6) is 11.5 Å². The lowest BCUT2D eigenvalue weighted by molar-refractivity contribution is 0.444. The van der Waals surface area contributed by atoms with Crippen LogP contribution in [0.3, 0.4) is 0 Å². The lowest BCUT2D eigenvalue weighted by Crippen LogP contribution is -2.13. The van der Waals surface area contributed by atoms with E-state index in [1.54, 1.807) is 12.4 Å². The second-order valence-electron chi connectivity index (χ2n) is 13.6. The van der Waals surface area contributed by atoms with Crippen molar-refractivity contribution >= 4 is 12.4 Å². The molecular formula is C34H52N2O2. The number of phenols is 2. The van der Waals surface area contributed by atoms with Crippen LogP contribution in [0.4, 0.5) is 0 Å². The topological polar surface area (TPSA) is 65.2 Å². The number of aromatic hydroxyl groups is 2. The molecule has 4 heteroatoms. The van der Waals surface area contributed by atoms with Gasteiger partial charge in [-0.3, -0.25) is 9.98 Å². The highest BCUT2D eigenvalue weighted by molar-refractivity contribution is 5.85. The van der Waals surface area contributed by atoms with Crippen molar-refractivity contribution in [2.24, 2.45) is 21.8 Å². The summed E-state index contributed by atoms with van der Waals surface area (Å²) in [7, 11) is 0. The van der Waals surface area contributed by atoms with Crippen molar-refractivity contribution in [3.63, 3.8) is 0 Å². The molecule has 38 heavy (non-hydrogen) atoms. The second kappa shape index (κ2) is 13.4. The van der Waals surface area contributed by atoms with E-state index in [0.29, 0.717) is 36.4 Å². The van der Waals surface area contributed by atoms with Crippen LogP contribution in [-0.2, 0) is 23.7 Å². The van der Waals surface area contributed by atoms with Gasteiger partial charge in [-0.1, -0.05) is 81.4 Å². The predicted molar refractivity (Wildman–Crippen MR) is 165 cm³/mol. The molecule has 0 unspecified atom stereocenters. The van der Waals surface area contributed by atoms with E-state index in [4.69, 9.17) is 0 Å². The van der Waals surface area contributed by atoms with E-state index in [0.717, 1.165) is 47.9 Å². The standard InChI is InChI=1S/C34H52N2O2/c1-23(2)11-13-25-17-27(31(37)29(19-25)33(5,6)7)21-35-15-16-36-22-28-18-26(14-12-24(3)4)20-30(32(28)38)34(8,9)10/h17-24,37-38H,11-16H2,1-10H3. The molecular weight excluding hydrogens is 468 g/mol. The number of benzene rings is 2. The Balaban J connectivity index is 2.19. The summed E-state index contributed by atoms with van der Waals surface area (Å²) < 4.78 is 0. The van der Waals surface area contributed by atoms with Gasteiger partial charge in [0.25, 0.3) is 0 Å². The summed E-state index contributed by atoms with van der Waals surface area (Å²) in [4.78, 5) is 9.16. The van der Waals surface area contributed by atoms with Crippen LogP contribution in [0, 0.1) is 11.8 Å². The molecule has 2 aromatic carbocycles. The lowest BCUT2D eigenvalue weighted by atomic mass is 9.83. The molecule has 0 saturated heterocycles. The SMILES string of the molecule is CC(C)CCc1cc(C=NCCN=Cc2cc(CCC(C)C)cc(C(C)(C)C)c2O)c(O)c(C(C)(C)C)c1. The maximum absolute atomic E-state index is 11.0. The largest absolute Gasteiger partial charge is 0.507 e. The van der Waals surface area contributed by atoms with Gasteiger partial charge in [0.2, 0.25) is 0 Å². The summed E-state index contributed by atoms with van der Waals surface area (Å²) in [5.41, 5.74) is 5.63. The van der Waals surface area contributed by atoms with Crippen LogP contribution in [0.1, 0.15) is 115 Å². The molecule has 0 saturated carbocycles. The van der Waals surface area contributed by atoms with E-state index >= 15 is 0 Å². The molecule has 0 aliphatic heterocycles. The summed E-state index contributed by atoms with van der Waals surface area (Å²) in [5.74, 6) is 1.89. The Bertz CT molecular complexity index is 1020. The van der Waals surface area contributed by atoms with Crippen molar-refractivity contribution in [1.82, 2.24) is 0 Å². The zero-order valence-electron chi connectivity index (χ0n) is 25.7. The molecule has 2 aromatic rings. The van der Waals surface area contributed by atoms with Gasteiger partial charge in [0.15, 0.2) is 0 Å². The summed E-state index contributed by atoms with van der Waals surface area (Å²) in [6, 6.07) is 8.42. The van der Waals surface area contributed by atoms with Crippen molar-refractivity contribution < 1.29 is 10.2 Å². The maximum atomic E-state index is 11.0. The third kappa shape index (κ3) is 9.60. The highest BCUT2D eigenvalue weighted by Gasteiger charge is 2.22. The van der Waals surface area contributed by atoms with Gasteiger partial charge in [-0.25, -0.2) is 0 Å². The minimum atomic E-state index is -0.150. The van der Waals surface area contributed by atoms with E-state index in [9.17, 15) is 10.2 Å². The van der Waals surface area contributed by atoms with Crippen LogP contribution in [0.2, 0.25) is 0 Å². The zero-order valence-corrected chi connectivity index (χ0v) is 25.7. The van der Waals surface area contributed by atoms with Crippen molar-refractivity contribution in [1.29, 1.82) is 0 Å². The fourth-order valence-electron chi connectivity index (χ4n) is 4.42. The predicted octanol–water partition coefficient (Wildman–Crippen LogP) is 8.41. The first-order chi connectivity index (χ1) is 17.6. The van der Waals surface area contributed by atoms with E-state index < -0.39 is 0 Å². The minimum absolute atomic E-state index is 0.150. The van der Waals surface area contributed by atoms with E-state index in [1.165, 1.54) is 11.1 Å². The maximum Gasteiger partial charge on any atom is 0.128 e. The molecule has 0 aliphatic carbocycles. The number of hydrogen-bond acceptors (Lipinski definition) is 4. The minimum Gasteiger partial charge on any atom is -0.507 e. The Labute approximate surface area is 232 Å². The van der Waals surface area contributed by atoms with Crippen molar-refractivity contribution in [2.75, 3.05) is 13.1 Å². The molecule has 0 bridgehead atoms. The average Bonchev–Trinajstić information content (AvgIpc) is 2.79. The van der Waals surface area contributed by atoms with Crippen molar-refractivity contribution in [2.45, 2.75) is 106 Å². The molecule has 210 valence electrons. The Morgan fingerprint density at radius 2 is 0.974 bits per heavy atom. The smallest absolute Gasteiger partial charge is 0.128 e. The summed E-state index contributed by atoms with van der Waals surface area (Å²) in [6.07, 6.45) is 7.76. The molecule has 0 fully saturated rings. The summed E-state index contributed by atoms with van der Waals surface area (Å²) in [6.45, 7) is 22.7. The molecule has 0 heterocycles. The molecule has 2 rings (SSSR count). The normalized spacial score (nSPS) is 13.1. The average molecular weight is 521 g/mol. The molecule has 0 aromatic heterocycles. The quantitative estimate of drug-likeness (QED) is 0.231. The van der Waals surface area contributed by atoms with Gasteiger partial charge in [-0.2, -0.15) is 0 Å². The number of aliphatic imine (C=N–C) groups is 2. The first kappa shape index (κ1) is 31.6. The van der Waals surface area contributed by atoms with Crippen LogP contribution >= 0.6 is 0 Å². The van der Waals surface area contributed by atoms with Crippen LogP contribution in [0.15, 0.2) is 34.3 Å². The van der Waals surface area contributed by atoms with Gasteiger partial charge >= 0.3 is 0 Å². The molecule has 2 N–H and O–H groups in total. The Morgan fingerprint density at radius 1 is 0.632 bits per heavy atom. The molecule has 0 aliphatic rings.